The van der Waals surface area contributed by atoms with Crippen LogP contribution in [0.5, 0.6) is 0 Å². The molecule has 186 valence electrons. The minimum atomic E-state index is -0.0654. The van der Waals surface area contributed by atoms with Crippen molar-refractivity contribution in [3.05, 3.63) is 98.3 Å². The summed E-state index contributed by atoms with van der Waals surface area (Å²) in [7, 11) is 0. The van der Waals surface area contributed by atoms with Gasteiger partial charge in [0.15, 0.2) is 0 Å². The number of carbonyl (C=O) groups excluding carboxylic acids is 1. The van der Waals surface area contributed by atoms with E-state index in [0.29, 0.717) is 5.92 Å². The molecule has 3 unspecified atom stereocenters. The Morgan fingerprint density at radius 1 is 0.970 bits per heavy atom. The molecule has 0 bridgehead atoms. The third kappa shape index (κ3) is 11.2. The first kappa shape index (κ1) is 35.0. The lowest BCUT2D eigenvalue weighted by molar-refractivity contribution is -0.149. The van der Waals surface area contributed by atoms with Crippen LogP contribution >= 0.6 is 0 Å². The Bertz CT molecular complexity index is 690. The number of carbonyl (C=O) groups is 1. The number of hydrogen-bond donors (Lipinski definition) is 0. The standard InChI is InChI=1S/C25H33NO.3C2H6/c1-8-13-16-20(7)24-23(18-17-19(6)21(11-4)14-9-2)25(27)26(24)22(12-5)15-10-3;3*1-2/h9-16,19,23-24H,2-5,7-8,17-18H2,1,6H3;3*1-2H3/b16-13-,21-14+,22-15+;;;. The Hall–Kier alpha value is -2.61. The summed E-state index contributed by atoms with van der Waals surface area (Å²) in [5, 5.41) is 0. The Morgan fingerprint density at radius 2 is 1.52 bits per heavy atom. The molecule has 1 saturated heterocycles. The molecule has 1 aliphatic rings. The minimum absolute atomic E-state index is 0.0349. The van der Waals surface area contributed by atoms with Gasteiger partial charge in [0.1, 0.15) is 0 Å². The Kier molecular flexibility index (Phi) is 23.9. The molecule has 1 aliphatic heterocycles. The summed E-state index contributed by atoms with van der Waals surface area (Å²) in [6.45, 7) is 35.7. The van der Waals surface area contributed by atoms with Crippen molar-refractivity contribution in [3.63, 3.8) is 0 Å². The van der Waals surface area contributed by atoms with Crippen LogP contribution in [0.25, 0.3) is 0 Å². The fourth-order valence-electron chi connectivity index (χ4n) is 3.44. The number of hydrogen-bond acceptors (Lipinski definition) is 1. The molecule has 0 N–H and O–H groups in total. The lowest BCUT2D eigenvalue weighted by Crippen LogP contribution is -2.60. The highest BCUT2D eigenvalue weighted by Crippen LogP contribution is 2.39. The molecule has 0 aliphatic carbocycles. The fourth-order valence-corrected chi connectivity index (χ4v) is 3.44. The molecule has 0 radical (unpaired) electrons. The van der Waals surface area contributed by atoms with Gasteiger partial charge in [0.05, 0.1) is 12.0 Å². The molecule has 0 spiro atoms. The second-order valence-electron chi connectivity index (χ2n) is 6.76. The molecule has 3 atom stereocenters. The number of allylic oxidation sites excluding steroid dienone is 8. The van der Waals surface area contributed by atoms with Crippen LogP contribution in [0.4, 0.5) is 0 Å². The van der Waals surface area contributed by atoms with Gasteiger partial charge in [0.25, 0.3) is 0 Å². The first-order valence-corrected chi connectivity index (χ1v) is 12.5. The average molecular weight is 454 g/mol. The third-order valence-corrected chi connectivity index (χ3v) is 4.96. The second-order valence-corrected chi connectivity index (χ2v) is 6.76. The quantitative estimate of drug-likeness (QED) is 0.213. The molecule has 1 fully saturated rings. The monoisotopic (exact) mass is 453 g/mol. The summed E-state index contributed by atoms with van der Waals surface area (Å²) >= 11 is 0. The van der Waals surface area contributed by atoms with Crippen molar-refractivity contribution in [2.75, 3.05) is 0 Å². The second kappa shape index (κ2) is 22.6. The zero-order valence-corrected chi connectivity index (χ0v) is 22.9. The van der Waals surface area contributed by atoms with Gasteiger partial charge < -0.3 is 4.90 Å². The molecule has 1 rings (SSSR count). The molecular formula is C31H51NO. The van der Waals surface area contributed by atoms with Gasteiger partial charge in [-0.2, -0.15) is 0 Å². The van der Waals surface area contributed by atoms with E-state index in [-0.39, 0.29) is 17.9 Å². The number of likely N-dealkylation sites (tertiary alicyclic amines) is 1. The van der Waals surface area contributed by atoms with Crippen molar-refractivity contribution in [2.45, 2.75) is 80.7 Å². The summed E-state index contributed by atoms with van der Waals surface area (Å²) in [5.74, 6) is 0.383. The molecule has 1 heterocycles. The molecule has 0 aromatic carbocycles. The van der Waals surface area contributed by atoms with Crippen LogP contribution in [0.2, 0.25) is 0 Å². The SMILES string of the molecule is C=C/C=C(\C=C)C(C)CCC1C(=O)N(/C(C=C)=C/C=C)C1C(=C)/C=C\CC.CC.CC.CC. The molecule has 0 saturated carbocycles. The zero-order chi connectivity index (χ0) is 26.4. The summed E-state index contributed by atoms with van der Waals surface area (Å²) in [6.07, 6.45) is 17.6. The Morgan fingerprint density at radius 3 is 1.94 bits per heavy atom. The van der Waals surface area contributed by atoms with Gasteiger partial charge in [-0.3, -0.25) is 4.79 Å². The van der Waals surface area contributed by atoms with Crippen LogP contribution in [-0.2, 0) is 4.79 Å². The smallest absolute Gasteiger partial charge is 0.233 e. The van der Waals surface area contributed by atoms with Gasteiger partial charge in [0.2, 0.25) is 5.91 Å². The van der Waals surface area contributed by atoms with Crippen molar-refractivity contribution < 1.29 is 4.79 Å². The van der Waals surface area contributed by atoms with Gasteiger partial charge in [0, 0.05) is 5.70 Å². The highest BCUT2D eigenvalue weighted by atomic mass is 16.2. The molecular weight excluding hydrogens is 402 g/mol. The van der Waals surface area contributed by atoms with Crippen LogP contribution < -0.4 is 0 Å². The van der Waals surface area contributed by atoms with Crippen molar-refractivity contribution in [2.24, 2.45) is 11.8 Å². The van der Waals surface area contributed by atoms with Gasteiger partial charge >= 0.3 is 0 Å². The number of rotatable bonds is 12. The normalized spacial score (nSPS) is 18.2. The largest absolute Gasteiger partial charge is 0.304 e. The van der Waals surface area contributed by atoms with Crippen LogP contribution in [0, 0.1) is 11.8 Å². The van der Waals surface area contributed by atoms with Gasteiger partial charge in [-0.15, -0.1) is 0 Å². The van der Waals surface area contributed by atoms with E-state index in [4.69, 9.17) is 0 Å². The number of amides is 1. The summed E-state index contributed by atoms with van der Waals surface area (Å²) in [4.78, 5) is 14.7. The summed E-state index contributed by atoms with van der Waals surface area (Å²) in [6, 6.07) is -0.0349. The predicted molar refractivity (Wildman–Crippen MR) is 152 cm³/mol. The van der Waals surface area contributed by atoms with Crippen molar-refractivity contribution in [1.82, 2.24) is 4.90 Å². The maximum atomic E-state index is 12.9. The maximum Gasteiger partial charge on any atom is 0.233 e. The predicted octanol–water partition coefficient (Wildman–Crippen LogP) is 9.38. The first-order chi connectivity index (χ1) is 16.0. The van der Waals surface area contributed by atoms with Crippen molar-refractivity contribution >= 4 is 5.91 Å². The highest BCUT2D eigenvalue weighted by molar-refractivity contribution is 5.90. The first-order valence-electron chi connectivity index (χ1n) is 12.5. The fraction of sp³-hybridized carbons (Fsp3) is 0.452. The summed E-state index contributed by atoms with van der Waals surface area (Å²) in [5.41, 5.74) is 2.87. The molecule has 2 nitrogen and oxygen atoms in total. The third-order valence-electron chi connectivity index (χ3n) is 4.96. The topological polar surface area (TPSA) is 20.3 Å². The number of nitrogens with zero attached hydrogens (tertiary/aromatic N) is 1. The van der Waals surface area contributed by atoms with Crippen molar-refractivity contribution in [3.8, 4) is 0 Å². The van der Waals surface area contributed by atoms with E-state index in [2.05, 4.69) is 52.8 Å². The van der Waals surface area contributed by atoms with E-state index in [1.165, 1.54) is 0 Å². The average Bonchev–Trinajstić information content (AvgIpc) is 2.87. The highest BCUT2D eigenvalue weighted by Gasteiger charge is 2.48. The van der Waals surface area contributed by atoms with Gasteiger partial charge in [-0.25, -0.2) is 0 Å². The Labute approximate surface area is 206 Å². The van der Waals surface area contributed by atoms with E-state index in [1.54, 1.807) is 23.1 Å². The molecule has 0 aromatic rings. The van der Waals surface area contributed by atoms with E-state index in [9.17, 15) is 4.79 Å². The number of β-lactam (4-membered cyclic amide) rings is 1. The lowest BCUT2D eigenvalue weighted by Gasteiger charge is -2.48. The maximum absolute atomic E-state index is 12.9. The van der Waals surface area contributed by atoms with E-state index in [1.807, 2.05) is 65.8 Å². The summed E-state index contributed by atoms with van der Waals surface area (Å²) < 4.78 is 0. The van der Waals surface area contributed by atoms with E-state index in [0.717, 1.165) is 36.1 Å². The molecule has 33 heavy (non-hydrogen) atoms. The van der Waals surface area contributed by atoms with Crippen molar-refractivity contribution in [1.29, 1.82) is 0 Å². The van der Waals surface area contributed by atoms with Crippen LogP contribution in [-0.4, -0.2) is 16.8 Å². The molecule has 1 amide bonds. The molecule has 0 aromatic heterocycles. The van der Waals surface area contributed by atoms with Gasteiger partial charge in [-0.1, -0.05) is 125 Å². The van der Waals surface area contributed by atoms with Crippen LogP contribution in [0.15, 0.2) is 98.3 Å². The molecule has 2 heteroatoms. The minimum Gasteiger partial charge on any atom is -0.304 e. The Balaban J connectivity index is -0.00000138. The van der Waals surface area contributed by atoms with Crippen LogP contribution in [0.3, 0.4) is 0 Å². The van der Waals surface area contributed by atoms with Crippen LogP contribution in [0.1, 0.15) is 74.7 Å². The zero-order valence-electron chi connectivity index (χ0n) is 22.9. The van der Waals surface area contributed by atoms with E-state index >= 15 is 0 Å². The lowest BCUT2D eigenvalue weighted by atomic mass is 9.77. The van der Waals surface area contributed by atoms with Gasteiger partial charge in [-0.05, 0) is 48.5 Å². The van der Waals surface area contributed by atoms with E-state index < -0.39 is 0 Å².